The third-order valence-corrected chi connectivity index (χ3v) is 2.99. The number of ketones is 2. The van der Waals surface area contributed by atoms with Crippen LogP contribution in [0.4, 0.5) is 0 Å². The van der Waals surface area contributed by atoms with Crippen LogP contribution in [-0.2, 0) is 19.1 Å². The van der Waals surface area contributed by atoms with Crippen molar-refractivity contribution < 1.29 is 19.1 Å². The summed E-state index contributed by atoms with van der Waals surface area (Å²) in [6, 6.07) is 0. The van der Waals surface area contributed by atoms with E-state index < -0.39 is 17.7 Å². The van der Waals surface area contributed by atoms with Gasteiger partial charge in [-0.15, -0.1) is 0 Å². The van der Waals surface area contributed by atoms with Crippen LogP contribution in [0.2, 0.25) is 0 Å². The molecule has 1 atom stereocenters. The minimum Gasteiger partial charge on any atom is -0.460 e. The third-order valence-electron chi connectivity index (χ3n) is 2.99. The second-order valence-corrected chi connectivity index (χ2v) is 4.97. The highest BCUT2D eigenvalue weighted by molar-refractivity contribution is 6.38. The summed E-state index contributed by atoms with van der Waals surface area (Å²) < 4.78 is 4.63. The molecule has 0 aromatic rings. The highest BCUT2D eigenvalue weighted by Crippen LogP contribution is 2.37. The molecule has 1 fully saturated rings. The molecule has 4 heteroatoms. The molecule has 1 aliphatic rings. The summed E-state index contributed by atoms with van der Waals surface area (Å²) in [5.74, 6) is -2.47. The van der Waals surface area contributed by atoms with Crippen molar-refractivity contribution in [2.45, 2.75) is 40.0 Å². The Hall–Kier alpha value is -1.19. The number of hydrogen-bond acceptors (Lipinski definition) is 4. The molecule has 0 aromatic carbocycles. The molecule has 0 aliphatic heterocycles. The Balaban J connectivity index is 2.74. The monoisotopic (exact) mass is 226 g/mol. The van der Waals surface area contributed by atoms with E-state index in [-0.39, 0.29) is 17.8 Å². The van der Waals surface area contributed by atoms with Gasteiger partial charge in [-0.1, -0.05) is 13.8 Å². The van der Waals surface area contributed by atoms with Gasteiger partial charge in [0.1, 0.15) is 5.78 Å². The molecule has 16 heavy (non-hydrogen) atoms. The summed E-state index contributed by atoms with van der Waals surface area (Å²) >= 11 is 0. The van der Waals surface area contributed by atoms with Crippen LogP contribution in [-0.4, -0.2) is 24.1 Å². The predicted octanol–water partition coefficient (Wildman–Crippen LogP) is 1.51. The van der Waals surface area contributed by atoms with Gasteiger partial charge in [-0.3, -0.25) is 9.59 Å². The highest BCUT2D eigenvalue weighted by Gasteiger charge is 2.40. The maximum absolute atomic E-state index is 11.7. The molecule has 0 radical (unpaired) electrons. The summed E-state index contributed by atoms with van der Waals surface area (Å²) in [4.78, 5) is 34.6. The lowest BCUT2D eigenvalue weighted by Crippen LogP contribution is -2.38. The summed E-state index contributed by atoms with van der Waals surface area (Å²) in [5.41, 5.74) is -0.0548. The standard InChI is InChI=1S/C12H18O4/c1-4-16-11(15)10(14)8-7-12(2,3)6-5-9(8)13/h8H,4-7H2,1-3H3/t8-/m1/s1. The smallest absolute Gasteiger partial charge is 0.375 e. The largest absolute Gasteiger partial charge is 0.460 e. The Morgan fingerprint density at radius 3 is 2.62 bits per heavy atom. The van der Waals surface area contributed by atoms with Crippen LogP contribution < -0.4 is 0 Å². The molecule has 0 unspecified atom stereocenters. The van der Waals surface area contributed by atoms with E-state index in [0.717, 1.165) is 6.42 Å². The van der Waals surface area contributed by atoms with Crippen LogP contribution in [0.25, 0.3) is 0 Å². The molecule has 0 aromatic heterocycles. The average Bonchev–Trinajstić information content (AvgIpc) is 2.21. The van der Waals surface area contributed by atoms with Gasteiger partial charge in [0.15, 0.2) is 0 Å². The summed E-state index contributed by atoms with van der Waals surface area (Å²) in [6.07, 6.45) is 1.60. The number of Topliss-reactive ketones (excluding diaryl/α,β-unsaturated/α-hetero) is 2. The first kappa shape index (κ1) is 12.9. The van der Waals surface area contributed by atoms with E-state index >= 15 is 0 Å². The number of ether oxygens (including phenoxy) is 1. The molecule has 1 aliphatic carbocycles. The zero-order valence-electron chi connectivity index (χ0n) is 10.0. The van der Waals surface area contributed by atoms with Gasteiger partial charge in [0.05, 0.1) is 12.5 Å². The molecule has 0 bridgehead atoms. The maximum Gasteiger partial charge on any atom is 0.375 e. The molecule has 0 saturated heterocycles. The number of rotatable bonds is 3. The van der Waals surface area contributed by atoms with Crippen molar-refractivity contribution in [1.29, 1.82) is 0 Å². The normalized spacial score (nSPS) is 23.9. The Kier molecular flexibility index (Phi) is 3.83. The van der Waals surface area contributed by atoms with Gasteiger partial charge in [0.2, 0.25) is 5.78 Å². The van der Waals surface area contributed by atoms with Crippen LogP contribution in [0.3, 0.4) is 0 Å². The fourth-order valence-corrected chi connectivity index (χ4v) is 1.99. The van der Waals surface area contributed by atoms with Crippen molar-refractivity contribution in [3.63, 3.8) is 0 Å². The van der Waals surface area contributed by atoms with Crippen molar-refractivity contribution in [1.82, 2.24) is 0 Å². The molecule has 0 amide bonds. The first-order chi connectivity index (χ1) is 7.37. The Morgan fingerprint density at radius 1 is 1.44 bits per heavy atom. The van der Waals surface area contributed by atoms with E-state index in [1.165, 1.54) is 0 Å². The minimum absolute atomic E-state index is 0.0548. The van der Waals surface area contributed by atoms with Crippen LogP contribution >= 0.6 is 0 Å². The van der Waals surface area contributed by atoms with Crippen LogP contribution in [0.5, 0.6) is 0 Å². The molecule has 0 N–H and O–H groups in total. The fraction of sp³-hybridized carbons (Fsp3) is 0.750. The highest BCUT2D eigenvalue weighted by atomic mass is 16.5. The summed E-state index contributed by atoms with van der Waals surface area (Å²) in [5, 5.41) is 0. The van der Waals surface area contributed by atoms with Crippen LogP contribution in [0.15, 0.2) is 0 Å². The Bertz CT molecular complexity index is 317. The van der Waals surface area contributed by atoms with Gasteiger partial charge in [-0.25, -0.2) is 4.79 Å². The van der Waals surface area contributed by atoms with Gasteiger partial charge in [0, 0.05) is 6.42 Å². The summed E-state index contributed by atoms with van der Waals surface area (Å²) in [7, 11) is 0. The van der Waals surface area contributed by atoms with Crippen molar-refractivity contribution in [2.75, 3.05) is 6.61 Å². The van der Waals surface area contributed by atoms with E-state index in [2.05, 4.69) is 4.74 Å². The molecule has 0 heterocycles. The lowest BCUT2D eigenvalue weighted by molar-refractivity contribution is -0.158. The third kappa shape index (κ3) is 2.90. The van der Waals surface area contributed by atoms with E-state index in [1.54, 1.807) is 6.92 Å². The topological polar surface area (TPSA) is 60.4 Å². The molecule has 1 saturated carbocycles. The predicted molar refractivity (Wildman–Crippen MR) is 57.8 cm³/mol. The molecule has 0 spiro atoms. The van der Waals surface area contributed by atoms with Gasteiger partial charge >= 0.3 is 5.97 Å². The van der Waals surface area contributed by atoms with E-state index in [1.807, 2.05) is 13.8 Å². The molecular formula is C12H18O4. The second kappa shape index (κ2) is 4.76. The van der Waals surface area contributed by atoms with Gasteiger partial charge in [-0.2, -0.15) is 0 Å². The quantitative estimate of drug-likeness (QED) is 0.416. The molecule has 4 nitrogen and oxygen atoms in total. The second-order valence-electron chi connectivity index (χ2n) is 4.97. The Morgan fingerprint density at radius 2 is 2.06 bits per heavy atom. The first-order valence-corrected chi connectivity index (χ1v) is 5.61. The van der Waals surface area contributed by atoms with Crippen molar-refractivity contribution >= 4 is 17.5 Å². The van der Waals surface area contributed by atoms with Crippen molar-refractivity contribution in [3.05, 3.63) is 0 Å². The van der Waals surface area contributed by atoms with E-state index in [9.17, 15) is 14.4 Å². The minimum atomic E-state index is -0.876. The van der Waals surface area contributed by atoms with Crippen LogP contribution in [0, 0.1) is 11.3 Å². The van der Waals surface area contributed by atoms with Crippen molar-refractivity contribution in [2.24, 2.45) is 11.3 Å². The average molecular weight is 226 g/mol. The lowest BCUT2D eigenvalue weighted by atomic mass is 9.70. The summed E-state index contributed by atoms with van der Waals surface area (Å²) in [6.45, 7) is 5.81. The van der Waals surface area contributed by atoms with Crippen LogP contribution in [0.1, 0.15) is 40.0 Å². The van der Waals surface area contributed by atoms with E-state index in [0.29, 0.717) is 12.8 Å². The fourth-order valence-electron chi connectivity index (χ4n) is 1.99. The number of carbonyl (C=O) groups excluding carboxylic acids is 3. The van der Waals surface area contributed by atoms with Crippen molar-refractivity contribution in [3.8, 4) is 0 Å². The SMILES string of the molecule is CCOC(=O)C(=O)[C@@H]1CC(C)(C)CCC1=O. The zero-order valence-corrected chi connectivity index (χ0v) is 10.0. The number of hydrogen-bond donors (Lipinski definition) is 0. The number of carbonyl (C=O) groups is 3. The first-order valence-electron chi connectivity index (χ1n) is 5.61. The Labute approximate surface area is 95.3 Å². The molecule has 1 rings (SSSR count). The van der Waals surface area contributed by atoms with E-state index in [4.69, 9.17) is 0 Å². The molecular weight excluding hydrogens is 208 g/mol. The maximum atomic E-state index is 11.7. The van der Waals surface area contributed by atoms with Gasteiger partial charge in [0.25, 0.3) is 0 Å². The lowest BCUT2D eigenvalue weighted by Gasteiger charge is -2.32. The number of esters is 1. The van der Waals surface area contributed by atoms with Gasteiger partial charge < -0.3 is 4.74 Å². The van der Waals surface area contributed by atoms with Gasteiger partial charge in [-0.05, 0) is 25.2 Å². The molecule has 90 valence electrons. The zero-order chi connectivity index (χ0) is 12.3.